The van der Waals surface area contributed by atoms with Crippen molar-refractivity contribution >= 4 is 33.6 Å². The molecule has 156 valence electrons. The molecule has 1 heterocycles. The van der Waals surface area contributed by atoms with Crippen molar-refractivity contribution in [2.75, 3.05) is 33.2 Å². The van der Waals surface area contributed by atoms with E-state index in [2.05, 4.69) is 34.0 Å². The molecule has 0 amide bonds. The number of likely N-dealkylation sites (N-methyl/N-ethyl adjacent to an activating group) is 1. The first-order chi connectivity index (χ1) is 14.0. The van der Waals surface area contributed by atoms with Gasteiger partial charge in [0.25, 0.3) is 5.69 Å². The Balaban J connectivity index is 0.000000248. The van der Waals surface area contributed by atoms with Gasteiger partial charge in [0.2, 0.25) is 0 Å². The monoisotopic (exact) mass is 477 g/mol. The van der Waals surface area contributed by atoms with E-state index in [1.807, 2.05) is 47.8 Å². The van der Waals surface area contributed by atoms with Gasteiger partial charge in [0.05, 0.1) is 4.92 Å². The molecule has 3 rings (SSSR count). The predicted octanol–water partition coefficient (Wildman–Crippen LogP) is 6.05. The van der Waals surface area contributed by atoms with Crippen LogP contribution in [-0.2, 0) is 0 Å². The van der Waals surface area contributed by atoms with E-state index in [-0.39, 0.29) is 10.6 Å². The van der Waals surface area contributed by atoms with Crippen LogP contribution in [0.15, 0.2) is 89.3 Å². The number of halogens is 1. The molecule has 0 saturated carbocycles. The van der Waals surface area contributed by atoms with E-state index in [0.717, 1.165) is 11.0 Å². The minimum absolute atomic E-state index is 0.137. The highest BCUT2D eigenvalue weighted by molar-refractivity contribution is 9.10. The summed E-state index contributed by atoms with van der Waals surface area (Å²) in [5.74, 6) is 0. The van der Waals surface area contributed by atoms with Gasteiger partial charge in [-0.3, -0.25) is 15.0 Å². The SMILES string of the molecule is Brc1ccccc1.C=CCN(C)Sc1ccccc1[N+](=O)[O-].C=CCN1CCC1. The number of nitro benzene ring substituents is 1. The maximum atomic E-state index is 10.7. The lowest BCUT2D eigenvalue weighted by atomic mass is 10.2. The molecule has 0 aliphatic carbocycles. The standard InChI is InChI=1S/C10H12N2O2S.C6H5Br.C6H11N/c1-3-8-11(2)15-10-7-5-4-6-9(10)12(13)14;7-6-4-2-1-3-5-6;1-2-4-7-5-3-6-7/h3-7H,1,8H2,2H3;1-5H;2H,1,3-6H2. The number of nitro groups is 1. The van der Waals surface area contributed by atoms with Gasteiger partial charge in [0.1, 0.15) is 4.90 Å². The normalized spacial score (nSPS) is 12.5. The van der Waals surface area contributed by atoms with Crippen LogP contribution in [0.25, 0.3) is 0 Å². The highest BCUT2D eigenvalue weighted by Gasteiger charge is 2.14. The van der Waals surface area contributed by atoms with E-state index in [1.54, 1.807) is 24.3 Å². The van der Waals surface area contributed by atoms with Gasteiger partial charge in [0.15, 0.2) is 0 Å². The van der Waals surface area contributed by atoms with Crippen LogP contribution in [0.3, 0.4) is 0 Å². The van der Waals surface area contributed by atoms with Crippen molar-refractivity contribution in [3.05, 3.63) is 94.5 Å². The lowest BCUT2D eigenvalue weighted by Gasteiger charge is -2.28. The smallest absolute Gasteiger partial charge is 0.284 e. The molecular formula is C22H28BrN3O2S. The molecule has 1 saturated heterocycles. The summed E-state index contributed by atoms with van der Waals surface area (Å²) in [5, 5.41) is 10.7. The molecule has 0 atom stereocenters. The van der Waals surface area contributed by atoms with E-state index in [4.69, 9.17) is 0 Å². The van der Waals surface area contributed by atoms with Crippen molar-refractivity contribution in [2.45, 2.75) is 11.3 Å². The predicted molar refractivity (Wildman–Crippen MR) is 127 cm³/mol. The molecule has 0 radical (unpaired) electrons. The molecule has 2 aromatic carbocycles. The second kappa shape index (κ2) is 15.0. The van der Waals surface area contributed by atoms with Crippen molar-refractivity contribution in [2.24, 2.45) is 0 Å². The maximum Gasteiger partial charge on any atom is 0.284 e. The Bertz CT molecular complexity index is 755. The molecule has 1 fully saturated rings. The van der Waals surface area contributed by atoms with Gasteiger partial charge in [0, 0.05) is 23.6 Å². The quantitative estimate of drug-likeness (QED) is 0.210. The Kier molecular flexibility index (Phi) is 13.0. The third-order valence-electron chi connectivity index (χ3n) is 3.77. The minimum atomic E-state index is -0.371. The highest BCUT2D eigenvalue weighted by atomic mass is 79.9. The van der Waals surface area contributed by atoms with Gasteiger partial charge in [-0.05, 0) is 56.7 Å². The molecule has 1 aliphatic rings. The summed E-state index contributed by atoms with van der Waals surface area (Å²) in [7, 11) is 1.86. The summed E-state index contributed by atoms with van der Waals surface area (Å²) in [5.41, 5.74) is 0.137. The first kappa shape index (κ1) is 25.1. The van der Waals surface area contributed by atoms with Gasteiger partial charge in [-0.1, -0.05) is 58.4 Å². The number of para-hydroxylation sites is 1. The third-order valence-corrected chi connectivity index (χ3v) is 5.30. The van der Waals surface area contributed by atoms with Crippen LogP contribution < -0.4 is 0 Å². The summed E-state index contributed by atoms with van der Waals surface area (Å²) in [6, 6.07) is 16.7. The summed E-state index contributed by atoms with van der Waals surface area (Å²) < 4.78 is 3.02. The first-order valence-electron chi connectivity index (χ1n) is 9.25. The number of benzene rings is 2. The fraction of sp³-hybridized carbons (Fsp3) is 0.273. The Morgan fingerprint density at radius 3 is 2.17 bits per heavy atom. The van der Waals surface area contributed by atoms with Crippen LogP contribution >= 0.6 is 27.9 Å². The average molecular weight is 478 g/mol. The largest absolute Gasteiger partial charge is 0.300 e. The zero-order valence-electron chi connectivity index (χ0n) is 16.7. The number of likely N-dealkylation sites (tertiary alicyclic amines) is 1. The second-order valence-electron chi connectivity index (χ2n) is 6.15. The molecule has 0 spiro atoms. The summed E-state index contributed by atoms with van der Waals surface area (Å²) >= 11 is 4.65. The molecule has 0 unspecified atom stereocenters. The second-order valence-corrected chi connectivity index (χ2v) is 8.32. The van der Waals surface area contributed by atoms with Crippen LogP contribution in [0.1, 0.15) is 6.42 Å². The summed E-state index contributed by atoms with van der Waals surface area (Å²) in [6.07, 6.45) is 5.09. The van der Waals surface area contributed by atoms with E-state index in [1.165, 1.54) is 37.5 Å². The highest BCUT2D eigenvalue weighted by Crippen LogP contribution is 2.30. The van der Waals surface area contributed by atoms with Crippen molar-refractivity contribution in [3.63, 3.8) is 0 Å². The van der Waals surface area contributed by atoms with E-state index >= 15 is 0 Å². The molecule has 7 heteroatoms. The number of hydrogen-bond donors (Lipinski definition) is 0. The number of hydrogen-bond acceptors (Lipinski definition) is 5. The Labute approximate surface area is 186 Å². The van der Waals surface area contributed by atoms with Crippen LogP contribution in [0, 0.1) is 10.1 Å². The Morgan fingerprint density at radius 2 is 1.76 bits per heavy atom. The van der Waals surface area contributed by atoms with Crippen molar-refractivity contribution < 1.29 is 4.92 Å². The topological polar surface area (TPSA) is 49.6 Å². The van der Waals surface area contributed by atoms with Crippen LogP contribution in [0.5, 0.6) is 0 Å². The molecule has 2 aromatic rings. The van der Waals surface area contributed by atoms with Gasteiger partial charge >= 0.3 is 0 Å². The number of rotatable bonds is 7. The summed E-state index contributed by atoms with van der Waals surface area (Å²) in [6.45, 7) is 11.6. The zero-order chi connectivity index (χ0) is 21.5. The Hall–Kier alpha value is -1.93. The lowest BCUT2D eigenvalue weighted by molar-refractivity contribution is -0.387. The molecule has 1 aliphatic heterocycles. The van der Waals surface area contributed by atoms with Crippen molar-refractivity contribution in [1.29, 1.82) is 0 Å². The summed E-state index contributed by atoms with van der Waals surface area (Å²) in [4.78, 5) is 13.4. The van der Waals surface area contributed by atoms with E-state index in [9.17, 15) is 10.1 Å². The van der Waals surface area contributed by atoms with Gasteiger partial charge in [-0.2, -0.15) is 0 Å². The fourth-order valence-corrected chi connectivity index (χ4v) is 3.43. The molecule has 0 aromatic heterocycles. The molecule has 5 nitrogen and oxygen atoms in total. The minimum Gasteiger partial charge on any atom is -0.300 e. The van der Waals surface area contributed by atoms with Crippen molar-refractivity contribution in [1.82, 2.24) is 9.21 Å². The van der Waals surface area contributed by atoms with Crippen molar-refractivity contribution in [3.8, 4) is 0 Å². The van der Waals surface area contributed by atoms with Gasteiger partial charge in [-0.25, -0.2) is 4.31 Å². The molecule has 29 heavy (non-hydrogen) atoms. The van der Waals surface area contributed by atoms with Gasteiger partial charge < -0.3 is 0 Å². The van der Waals surface area contributed by atoms with Crippen LogP contribution in [0.4, 0.5) is 5.69 Å². The fourth-order valence-electron chi connectivity index (χ4n) is 2.23. The number of nitrogens with zero attached hydrogens (tertiary/aromatic N) is 3. The molecular weight excluding hydrogens is 450 g/mol. The molecule has 0 N–H and O–H groups in total. The van der Waals surface area contributed by atoms with Crippen LogP contribution in [-0.4, -0.2) is 47.4 Å². The average Bonchev–Trinajstić information content (AvgIpc) is 2.67. The zero-order valence-corrected chi connectivity index (χ0v) is 19.1. The third kappa shape index (κ3) is 11.0. The maximum absolute atomic E-state index is 10.7. The first-order valence-corrected chi connectivity index (χ1v) is 10.8. The van der Waals surface area contributed by atoms with E-state index in [0.29, 0.717) is 11.4 Å². The Morgan fingerprint density at radius 1 is 1.14 bits per heavy atom. The van der Waals surface area contributed by atoms with Gasteiger partial charge in [-0.15, -0.1) is 13.2 Å². The molecule has 0 bridgehead atoms. The van der Waals surface area contributed by atoms with Crippen LogP contribution in [0.2, 0.25) is 0 Å². The lowest BCUT2D eigenvalue weighted by Crippen LogP contribution is -2.36. The van der Waals surface area contributed by atoms with E-state index < -0.39 is 0 Å².